The normalized spacial score (nSPS) is 10.2. The van der Waals surface area contributed by atoms with E-state index in [-0.39, 0.29) is 0 Å². The minimum Gasteiger partial charge on any atom is -0.450 e. The van der Waals surface area contributed by atoms with Gasteiger partial charge in [0.05, 0.1) is 17.8 Å². The highest BCUT2D eigenvalue weighted by Crippen LogP contribution is 2.22. The molecule has 0 unspecified atom stereocenters. The van der Waals surface area contributed by atoms with Gasteiger partial charge in [-0.3, -0.25) is 5.32 Å². The molecule has 6 heteroatoms. The Labute approximate surface area is 120 Å². The van der Waals surface area contributed by atoms with E-state index in [1.54, 1.807) is 13.1 Å². The summed E-state index contributed by atoms with van der Waals surface area (Å²) < 4.78 is 4.80. The summed E-state index contributed by atoms with van der Waals surface area (Å²) in [6.45, 7) is 2.11. The SMILES string of the molecule is CCOC(=O)Nc1cnc(Cc2ccc(Cl)cc2)s1. The van der Waals surface area contributed by atoms with E-state index in [0.717, 1.165) is 10.6 Å². The Bertz CT molecular complexity index is 554. The number of anilines is 1. The maximum atomic E-state index is 11.2. The van der Waals surface area contributed by atoms with E-state index in [9.17, 15) is 4.79 Å². The number of benzene rings is 1. The maximum Gasteiger partial charge on any atom is 0.412 e. The number of carbonyl (C=O) groups is 1. The van der Waals surface area contributed by atoms with Crippen molar-refractivity contribution in [2.75, 3.05) is 11.9 Å². The number of aromatic nitrogens is 1. The lowest BCUT2D eigenvalue weighted by atomic mass is 10.2. The van der Waals surface area contributed by atoms with Crippen LogP contribution in [0.2, 0.25) is 5.02 Å². The monoisotopic (exact) mass is 296 g/mol. The number of amides is 1. The average Bonchev–Trinajstić information content (AvgIpc) is 2.80. The van der Waals surface area contributed by atoms with Crippen LogP contribution in [0, 0.1) is 0 Å². The Morgan fingerprint density at radius 1 is 1.42 bits per heavy atom. The fourth-order valence-electron chi connectivity index (χ4n) is 1.49. The lowest BCUT2D eigenvalue weighted by Gasteiger charge is -2.00. The molecule has 0 aliphatic rings. The first-order chi connectivity index (χ1) is 9.17. The molecule has 0 aliphatic carbocycles. The Morgan fingerprint density at radius 3 is 2.84 bits per heavy atom. The second-order valence-corrected chi connectivity index (χ2v) is 5.32. The topological polar surface area (TPSA) is 51.2 Å². The van der Waals surface area contributed by atoms with Crippen LogP contribution in [-0.4, -0.2) is 17.7 Å². The zero-order valence-corrected chi connectivity index (χ0v) is 11.9. The standard InChI is InChI=1S/C13H13ClN2O2S/c1-2-18-13(17)16-12-8-15-11(19-12)7-9-3-5-10(14)6-4-9/h3-6,8H,2,7H2,1H3,(H,16,17). The van der Waals surface area contributed by atoms with E-state index in [1.807, 2.05) is 24.3 Å². The van der Waals surface area contributed by atoms with Crippen LogP contribution in [0.5, 0.6) is 0 Å². The second kappa shape index (κ2) is 6.54. The van der Waals surface area contributed by atoms with Gasteiger partial charge in [0.15, 0.2) is 0 Å². The van der Waals surface area contributed by atoms with Crippen molar-refractivity contribution in [1.29, 1.82) is 0 Å². The Balaban J connectivity index is 1.97. The van der Waals surface area contributed by atoms with Crippen molar-refractivity contribution >= 4 is 34.0 Å². The van der Waals surface area contributed by atoms with Gasteiger partial charge in [0.25, 0.3) is 0 Å². The molecular weight excluding hydrogens is 284 g/mol. The van der Waals surface area contributed by atoms with Crippen LogP contribution in [0.15, 0.2) is 30.5 Å². The molecular formula is C13H13ClN2O2S. The lowest BCUT2D eigenvalue weighted by molar-refractivity contribution is 0.168. The largest absolute Gasteiger partial charge is 0.450 e. The summed E-state index contributed by atoms with van der Waals surface area (Å²) in [6, 6.07) is 7.62. The number of hydrogen-bond acceptors (Lipinski definition) is 4. The summed E-state index contributed by atoms with van der Waals surface area (Å²) in [4.78, 5) is 15.5. The number of carbonyl (C=O) groups excluding carboxylic acids is 1. The highest BCUT2D eigenvalue weighted by Gasteiger charge is 2.07. The van der Waals surface area contributed by atoms with E-state index in [1.165, 1.54) is 11.3 Å². The third-order valence-electron chi connectivity index (χ3n) is 2.32. The number of halogens is 1. The minimum atomic E-state index is -0.454. The molecule has 1 heterocycles. The molecule has 0 fully saturated rings. The summed E-state index contributed by atoms with van der Waals surface area (Å²) in [6.07, 6.45) is 1.89. The molecule has 2 aromatic rings. The summed E-state index contributed by atoms with van der Waals surface area (Å²) >= 11 is 7.26. The van der Waals surface area contributed by atoms with Crippen LogP contribution >= 0.6 is 22.9 Å². The van der Waals surface area contributed by atoms with Gasteiger partial charge in [0.1, 0.15) is 5.00 Å². The smallest absolute Gasteiger partial charge is 0.412 e. The van der Waals surface area contributed by atoms with Crippen molar-refractivity contribution in [2.45, 2.75) is 13.3 Å². The van der Waals surface area contributed by atoms with Gasteiger partial charge in [-0.15, -0.1) is 11.3 Å². The molecule has 0 bridgehead atoms. The van der Waals surface area contributed by atoms with Crippen LogP contribution < -0.4 is 5.32 Å². The fraction of sp³-hybridized carbons (Fsp3) is 0.231. The van der Waals surface area contributed by atoms with Gasteiger partial charge < -0.3 is 4.74 Å². The molecule has 0 saturated carbocycles. The number of rotatable bonds is 4. The van der Waals surface area contributed by atoms with E-state index in [4.69, 9.17) is 16.3 Å². The van der Waals surface area contributed by atoms with Crippen molar-refractivity contribution in [2.24, 2.45) is 0 Å². The summed E-state index contributed by atoms with van der Waals surface area (Å²) in [5, 5.41) is 4.96. The van der Waals surface area contributed by atoms with Gasteiger partial charge in [0, 0.05) is 11.4 Å². The van der Waals surface area contributed by atoms with Gasteiger partial charge in [-0.1, -0.05) is 23.7 Å². The van der Waals surface area contributed by atoms with Crippen LogP contribution in [0.3, 0.4) is 0 Å². The molecule has 0 aliphatic heterocycles. The molecule has 0 atom stereocenters. The molecule has 1 amide bonds. The summed E-state index contributed by atoms with van der Waals surface area (Å²) in [5.41, 5.74) is 1.13. The number of hydrogen-bond donors (Lipinski definition) is 1. The predicted molar refractivity (Wildman–Crippen MR) is 77.0 cm³/mol. The molecule has 0 saturated heterocycles. The third-order valence-corrected chi connectivity index (χ3v) is 3.49. The van der Waals surface area contributed by atoms with Crippen LogP contribution in [0.25, 0.3) is 0 Å². The van der Waals surface area contributed by atoms with E-state index in [2.05, 4.69) is 10.3 Å². The molecule has 1 aromatic heterocycles. The summed E-state index contributed by atoms with van der Waals surface area (Å²) in [7, 11) is 0. The average molecular weight is 297 g/mol. The van der Waals surface area contributed by atoms with Crippen molar-refractivity contribution in [3.63, 3.8) is 0 Å². The van der Waals surface area contributed by atoms with Gasteiger partial charge in [-0.05, 0) is 24.6 Å². The maximum absolute atomic E-state index is 11.2. The Morgan fingerprint density at radius 2 is 2.16 bits per heavy atom. The fourth-order valence-corrected chi connectivity index (χ4v) is 2.46. The summed E-state index contributed by atoms with van der Waals surface area (Å²) in [5.74, 6) is 0. The van der Waals surface area contributed by atoms with Crippen molar-refractivity contribution in [3.05, 3.63) is 46.1 Å². The molecule has 4 nitrogen and oxygen atoms in total. The van der Waals surface area contributed by atoms with Gasteiger partial charge in [-0.2, -0.15) is 0 Å². The van der Waals surface area contributed by atoms with Crippen molar-refractivity contribution < 1.29 is 9.53 Å². The van der Waals surface area contributed by atoms with Gasteiger partial charge >= 0.3 is 6.09 Å². The molecule has 1 aromatic carbocycles. The highest BCUT2D eigenvalue weighted by molar-refractivity contribution is 7.15. The van der Waals surface area contributed by atoms with Crippen LogP contribution in [0.1, 0.15) is 17.5 Å². The van der Waals surface area contributed by atoms with E-state index in [0.29, 0.717) is 23.1 Å². The van der Waals surface area contributed by atoms with E-state index < -0.39 is 6.09 Å². The number of ether oxygens (including phenoxy) is 1. The number of thiazole rings is 1. The van der Waals surface area contributed by atoms with Crippen LogP contribution in [-0.2, 0) is 11.2 Å². The molecule has 2 rings (SSSR count). The highest BCUT2D eigenvalue weighted by atomic mass is 35.5. The minimum absolute atomic E-state index is 0.349. The lowest BCUT2D eigenvalue weighted by Crippen LogP contribution is -2.12. The molecule has 0 radical (unpaired) electrons. The molecule has 19 heavy (non-hydrogen) atoms. The number of nitrogens with one attached hydrogen (secondary N) is 1. The van der Waals surface area contributed by atoms with Gasteiger partial charge in [-0.25, -0.2) is 9.78 Å². The molecule has 0 spiro atoms. The zero-order valence-electron chi connectivity index (χ0n) is 10.4. The van der Waals surface area contributed by atoms with E-state index >= 15 is 0 Å². The Hall–Kier alpha value is -1.59. The first-order valence-electron chi connectivity index (χ1n) is 5.80. The van der Waals surface area contributed by atoms with Crippen molar-refractivity contribution in [3.8, 4) is 0 Å². The Kier molecular flexibility index (Phi) is 4.76. The first kappa shape index (κ1) is 13.8. The quantitative estimate of drug-likeness (QED) is 0.929. The van der Waals surface area contributed by atoms with Crippen LogP contribution in [0.4, 0.5) is 9.80 Å². The van der Waals surface area contributed by atoms with Crippen molar-refractivity contribution in [1.82, 2.24) is 4.98 Å². The number of nitrogens with zero attached hydrogens (tertiary/aromatic N) is 1. The van der Waals surface area contributed by atoms with Gasteiger partial charge in [0.2, 0.25) is 0 Å². The molecule has 1 N–H and O–H groups in total. The predicted octanol–water partition coefficient (Wildman–Crippen LogP) is 3.96. The molecule has 100 valence electrons. The first-order valence-corrected chi connectivity index (χ1v) is 6.99. The third kappa shape index (κ3) is 4.22. The second-order valence-electron chi connectivity index (χ2n) is 3.77. The zero-order chi connectivity index (χ0) is 13.7.